The quantitative estimate of drug-likeness (QED) is 0.157. The number of hydrogen-bond donors (Lipinski definition) is 0. The fourth-order valence-electron chi connectivity index (χ4n) is 5.43. The Kier molecular flexibility index (Phi) is 9.76. The van der Waals surface area contributed by atoms with Gasteiger partial charge in [-0.3, -0.25) is 0 Å². The van der Waals surface area contributed by atoms with E-state index in [0.29, 0.717) is 23.0 Å². The van der Waals surface area contributed by atoms with Gasteiger partial charge in [-0.2, -0.15) is 0 Å². The van der Waals surface area contributed by atoms with Crippen molar-refractivity contribution in [3.05, 3.63) is 83.7 Å². The molecule has 4 heteroatoms. The molecule has 1 aliphatic rings. The van der Waals surface area contributed by atoms with Crippen LogP contribution in [-0.4, -0.2) is 6.16 Å². The van der Waals surface area contributed by atoms with Crippen LogP contribution < -0.4 is 9.47 Å². The van der Waals surface area contributed by atoms with Gasteiger partial charge < -0.3 is 9.47 Å². The molecule has 0 atom stereocenters. The lowest BCUT2D eigenvalue weighted by Crippen LogP contribution is -2.13. The summed E-state index contributed by atoms with van der Waals surface area (Å²) in [6.45, 7) is 4.43. The van der Waals surface area contributed by atoms with Crippen molar-refractivity contribution < 1.29 is 18.7 Å². The molecule has 37 heavy (non-hydrogen) atoms. The Hall–Kier alpha value is -3.14. The van der Waals surface area contributed by atoms with Crippen molar-refractivity contribution in [2.45, 2.75) is 84.0 Å². The van der Waals surface area contributed by atoms with E-state index in [0.717, 1.165) is 42.7 Å². The van der Waals surface area contributed by atoms with Gasteiger partial charge in [0.05, 0.1) is 0 Å². The summed E-state index contributed by atoms with van der Waals surface area (Å²) in [5.41, 5.74) is 3.63. The van der Waals surface area contributed by atoms with Crippen LogP contribution in [0.4, 0.5) is 9.18 Å². The van der Waals surface area contributed by atoms with Gasteiger partial charge in [0.15, 0.2) is 0 Å². The first-order valence-corrected chi connectivity index (χ1v) is 13.9. The van der Waals surface area contributed by atoms with Crippen LogP contribution in [0.2, 0.25) is 0 Å². The number of ether oxygens (including phenoxy) is 2. The van der Waals surface area contributed by atoms with Gasteiger partial charge in [0.2, 0.25) is 0 Å². The zero-order valence-electron chi connectivity index (χ0n) is 22.2. The molecule has 196 valence electrons. The number of rotatable bonds is 10. The van der Waals surface area contributed by atoms with Crippen molar-refractivity contribution in [2.24, 2.45) is 5.92 Å². The Bertz CT molecular complexity index is 1130. The molecule has 3 aromatic carbocycles. The molecule has 0 N–H and O–H groups in total. The van der Waals surface area contributed by atoms with Gasteiger partial charge in [-0.15, -0.1) is 0 Å². The third kappa shape index (κ3) is 7.67. The van der Waals surface area contributed by atoms with Crippen molar-refractivity contribution in [1.29, 1.82) is 0 Å². The van der Waals surface area contributed by atoms with Gasteiger partial charge in [0.25, 0.3) is 0 Å². The summed E-state index contributed by atoms with van der Waals surface area (Å²) < 4.78 is 25.7. The molecule has 0 heterocycles. The van der Waals surface area contributed by atoms with Crippen LogP contribution in [-0.2, 0) is 6.42 Å². The smallest absolute Gasteiger partial charge is 0.395 e. The average molecular weight is 503 g/mol. The van der Waals surface area contributed by atoms with E-state index >= 15 is 4.39 Å². The van der Waals surface area contributed by atoms with Crippen molar-refractivity contribution >= 4 is 6.16 Å². The summed E-state index contributed by atoms with van der Waals surface area (Å²) in [6, 6.07) is 20.0. The Morgan fingerprint density at radius 1 is 0.811 bits per heavy atom. The van der Waals surface area contributed by atoms with Gasteiger partial charge in [-0.1, -0.05) is 75.9 Å². The second-order valence-corrected chi connectivity index (χ2v) is 10.3. The molecule has 1 aliphatic carbocycles. The minimum atomic E-state index is -0.796. The highest BCUT2D eigenvalue weighted by Crippen LogP contribution is 2.38. The number of unbranched alkanes of at least 4 members (excludes halogenated alkanes) is 2. The fraction of sp³-hybridized carbons (Fsp3) is 0.424. The first kappa shape index (κ1) is 26.9. The van der Waals surface area contributed by atoms with Crippen LogP contribution in [0.25, 0.3) is 11.1 Å². The summed E-state index contributed by atoms with van der Waals surface area (Å²) >= 11 is 0. The fourth-order valence-corrected chi connectivity index (χ4v) is 5.43. The minimum Gasteiger partial charge on any atom is -0.395 e. The van der Waals surface area contributed by atoms with Crippen molar-refractivity contribution in [3.63, 3.8) is 0 Å². The van der Waals surface area contributed by atoms with Gasteiger partial charge >= 0.3 is 6.16 Å². The van der Waals surface area contributed by atoms with E-state index in [-0.39, 0.29) is 5.82 Å². The summed E-state index contributed by atoms with van der Waals surface area (Å²) in [4.78, 5) is 12.2. The molecule has 0 amide bonds. The highest BCUT2D eigenvalue weighted by Gasteiger charge is 2.22. The first-order valence-electron chi connectivity index (χ1n) is 13.9. The number of hydrogen-bond acceptors (Lipinski definition) is 3. The molecule has 4 rings (SSSR count). The summed E-state index contributed by atoms with van der Waals surface area (Å²) in [7, 11) is 0. The minimum absolute atomic E-state index is 0.209. The van der Waals surface area contributed by atoms with E-state index in [4.69, 9.17) is 9.47 Å². The predicted molar refractivity (Wildman–Crippen MR) is 148 cm³/mol. The number of carbonyl (C=O) groups excluding carboxylic acids is 1. The molecule has 1 fully saturated rings. The van der Waals surface area contributed by atoms with Gasteiger partial charge in [0.1, 0.15) is 17.3 Å². The number of benzene rings is 3. The van der Waals surface area contributed by atoms with Crippen molar-refractivity contribution in [2.75, 3.05) is 0 Å². The second-order valence-electron chi connectivity index (χ2n) is 10.3. The van der Waals surface area contributed by atoms with Crippen LogP contribution in [0.3, 0.4) is 0 Å². The topological polar surface area (TPSA) is 35.5 Å². The zero-order valence-corrected chi connectivity index (χ0v) is 22.2. The van der Waals surface area contributed by atoms with E-state index in [1.165, 1.54) is 44.1 Å². The Balaban J connectivity index is 1.31. The van der Waals surface area contributed by atoms with Crippen LogP contribution in [0.5, 0.6) is 11.5 Å². The van der Waals surface area contributed by atoms with Crippen molar-refractivity contribution in [1.82, 2.24) is 0 Å². The lowest BCUT2D eigenvalue weighted by molar-refractivity contribution is 0.152. The highest BCUT2D eigenvalue weighted by molar-refractivity contribution is 5.69. The molecular formula is C33H39FO3. The summed E-state index contributed by atoms with van der Waals surface area (Å²) in [5, 5.41) is 0. The second kappa shape index (κ2) is 13.4. The molecular weight excluding hydrogens is 463 g/mol. The molecule has 0 radical (unpaired) electrons. The molecule has 3 aromatic rings. The highest BCUT2D eigenvalue weighted by atomic mass is 19.1. The van der Waals surface area contributed by atoms with Crippen LogP contribution in [0.15, 0.2) is 66.7 Å². The molecule has 3 nitrogen and oxygen atoms in total. The molecule has 0 spiro atoms. The van der Waals surface area contributed by atoms with E-state index in [2.05, 4.69) is 19.9 Å². The standard InChI is InChI=1S/C33H39FO3/c1-3-5-6-8-25-11-18-29(19-12-25)36-33(35)37-30-20-15-27(16-21-30)31-22-17-28(23-32(31)34)26-13-9-24(7-4-2)10-14-26/h11-12,15-24,26H,3-10,13-14H2,1-2H3. The van der Waals surface area contributed by atoms with E-state index in [9.17, 15) is 4.79 Å². The first-order chi connectivity index (χ1) is 18.1. The number of halogens is 1. The lowest BCUT2D eigenvalue weighted by atomic mass is 9.77. The van der Waals surface area contributed by atoms with Crippen LogP contribution in [0.1, 0.15) is 88.7 Å². The number of aryl methyl sites for hydroxylation is 1. The Morgan fingerprint density at radius 3 is 2.05 bits per heavy atom. The maximum absolute atomic E-state index is 15.1. The molecule has 0 saturated heterocycles. The maximum atomic E-state index is 15.1. The molecule has 0 aliphatic heterocycles. The molecule has 0 bridgehead atoms. The number of carbonyl (C=O) groups is 1. The average Bonchev–Trinajstić information content (AvgIpc) is 2.91. The monoisotopic (exact) mass is 502 g/mol. The molecule has 0 unspecified atom stereocenters. The van der Waals surface area contributed by atoms with Crippen molar-refractivity contribution in [3.8, 4) is 22.6 Å². The third-order valence-electron chi connectivity index (χ3n) is 7.57. The van der Waals surface area contributed by atoms with Gasteiger partial charge in [-0.05, 0) is 97.4 Å². The van der Waals surface area contributed by atoms with E-state index in [1.54, 1.807) is 42.5 Å². The normalized spacial score (nSPS) is 17.4. The zero-order chi connectivity index (χ0) is 26.0. The van der Waals surface area contributed by atoms with E-state index < -0.39 is 6.16 Å². The lowest BCUT2D eigenvalue weighted by Gasteiger charge is -2.28. The maximum Gasteiger partial charge on any atom is 0.519 e. The SMILES string of the molecule is CCCCCc1ccc(OC(=O)Oc2ccc(-c3ccc(C4CCC(CCC)CC4)cc3F)cc2)cc1. The predicted octanol–water partition coefficient (Wildman–Crippen LogP) is 9.88. The molecule has 0 aromatic heterocycles. The summed E-state index contributed by atoms with van der Waals surface area (Å²) in [5.74, 6) is 1.88. The summed E-state index contributed by atoms with van der Waals surface area (Å²) in [6.07, 6.45) is 11.1. The molecule has 1 saturated carbocycles. The Morgan fingerprint density at radius 2 is 1.46 bits per heavy atom. The van der Waals surface area contributed by atoms with Gasteiger partial charge in [-0.25, -0.2) is 9.18 Å². The van der Waals surface area contributed by atoms with Crippen LogP contribution >= 0.6 is 0 Å². The van der Waals surface area contributed by atoms with Gasteiger partial charge in [0, 0.05) is 5.56 Å². The largest absolute Gasteiger partial charge is 0.519 e. The van der Waals surface area contributed by atoms with Crippen LogP contribution in [0, 0.1) is 11.7 Å². The van der Waals surface area contributed by atoms with E-state index in [1.807, 2.05) is 18.2 Å². The third-order valence-corrected chi connectivity index (χ3v) is 7.57. The Labute approximate surface area is 221 Å².